The Morgan fingerprint density at radius 1 is 1.21 bits per heavy atom. The summed E-state index contributed by atoms with van der Waals surface area (Å²) < 4.78 is 6.03. The third-order valence-corrected chi connectivity index (χ3v) is 5.89. The Balaban J connectivity index is 2.08. The lowest BCUT2D eigenvalue weighted by Crippen LogP contribution is -2.50. The van der Waals surface area contributed by atoms with Crippen LogP contribution in [0.2, 0.25) is 5.02 Å². The summed E-state index contributed by atoms with van der Waals surface area (Å²) in [5, 5.41) is 35.1. The highest BCUT2D eigenvalue weighted by atomic mass is 35.5. The molecule has 4 rings (SSSR count). The second-order valence-corrected chi connectivity index (χ2v) is 7.74. The standard InChI is InChI=1S/C21H20ClNO5/c1-21(6-7-23-10-17(21)27)19-15(26)8-13(24)18-14(25)9-16(28-20(18)19)11-4-2-3-5-12(11)22/h2-5,8-9,17,23-24,26-27H,6-7,10H2,1H3/t17-,21+/m1/s1. The minimum Gasteiger partial charge on any atom is -0.507 e. The fraction of sp³-hybridized carbons (Fsp3) is 0.286. The number of β-amino-alcohol motifs (C(OH)–C–C–N with tert-alkyl or cyclic N) is 1. The van der Waals surface area contributed by atoms with Gasteiger partial charge in [0.05, 0.1) is 11.1 Å². The zero-order chi connectivity index (χ0) is 20.1. The van der Waals surface area contributed by atoms with E-state index >= 15 is 0 Å². The molecular weight excluding hydrogens is 382 g/mol. The van der Waals surface area contributed by atoms with Crippen molar-refractivity contribution in [1.82, 2.24) is 5.32 Å². The molecule has 2 aromatic carbocycles. The van der Waals surface area contributed by atoms with Crippen molar-refractivity contribution in [2.24, 2.45) is 0 Å². The van der Waals surface area contributed by atoms with Crippen LogP contribution in [-0.4, -0.2) is 34.5 Å². The first-order valence-electron chi connectivity index (χ1n) is 9.00. The Hall–Kier alpha value is -2.54. The number of piperidine rings is 1. The average Bonchev–Trinajstić information content (AvgIpc) is 2.64. The Labute approximate surface area is 166 Å². The number of rotatable bonds is 2. The monoisotopic (exact) mass is 401 g/mol. The second-order valence-electron chi connectivity index (χ2n) is 7.34. The number of phenolic OH excluding ortho intramolecular Hbond substituents is 2. The highest BCUT2D eigenvalue weighted by Crippen LogP contribution is 2.45. The van der Waals surface area contributed by atoms with Crippen molar-refractivity contribution in [2.75, 3.05) is 13.1 Å². The van der Waals surface area contributed by atoms with E-state index in [1.54, 1.807) is 24.3 Å². The Morgan fingerprint density at radius 3 is 2.68 bits per heavy atom. The van der Waals surface area contributed by atoms with Gasteiger partial charge in [0.25, 0.3) is 0 Å². The summed E-state index contributed by atoms with van der Waals surface area (Å²) in [7, 11) is 0. The third-order valence-electron chi connectivity index (χ3n) is 5.57. The van der Waals surface area contributed by atoms with Gasteiger partial charge in [0.15, 0.2) is 5.43 Å². The molecule has 0 unspecified atom stereocenters. The maximum Gasteiger partial charge on any atom is 0.197 e. The predicted octanol–water partition coefficient (Wildman–Crippen LogP) is 3.14. The molecule has 0 amide bonds. The van der Waals surface area contributed by atoms with Crippen LogP contribution in [0.15, 0.2) is 45.6 Å². The number of benzene rings is 2. The van der Waals surface area contributed by atoms with E-state index in [9.17, 15) is 20.1 Å². The van der Waals surface area contributed by atoms with E-state index in [2.05, 4.69) is 5.32 Å². The second kappa shape index (κ2) is 6.81. The van der Waals surface area contributed by atoms with Crippen molar-refractivity contribution >= 4 is 22.6 Å². The first kappa shape index (κ1) is 18.8. The average molecular weight is 402 g/mol. The summed E-state index contributed by atoms with van der Waals surface area (Å²) in [6.07, 6.45) is -0.295. The van der Waals surface area contributed by atoms with Gasteiger partial charge in [-0.1, -0.05) is 30.7 Å². The molecule has 146 valence electrons. The van der Waals surface area contributed by atoms with Crippen LogP contribution < -0.4 is 10.7 Å². The van der Waals surface area contributed by atoms with Gasteiger partial charge < -0.3 is 25.1 Å². The van der Waals surface area contributed by atoms with Crippen molar-refractivity contribution in [3.8, 4) is 22.8 Å². The molecule has 28 heavy (non-hydrogen) atoms. The number of nitrogens with one attached hydrogen (secondary N) is 1. The fourth-order valence-electron chi connectivity index (χ4n) is 3.92. The molecule has 4 N–H and O–H groups in total. The molecule has 0 spiro atoms. The molecule has 1 aliphatic heterocycles. The molecule has 7 heteroatoms. The van der Waals surface area contributed by atoms with E-state index in [1.807, 2.05) is 6.92 Å². The predicted molar refractivity (Wildman–Crippen MR) is 107 cm³/mol. The molecule has 2 heterocycles. The molecule has 3 aromatic rings. The van der Waals surface area contributed by atoms with Gasteiger partial charge in [0, 0.05) is 35.2 Å². The van der Waals surface area contributed by atoms with Crippen molar-refractivity contribution in [2.45, 2.75) is 24.9 Å². The van der Waals surface area contributed by atoms with Gasteiger partial charge >= 0.3 is 0 Å². The Kier molecular flexibility index (Phi) is 4.57. The lowest BCUT2D eigenvalue weighted by Gasteiger charge is -2.39. The number of halogens is 1. The lowest BCUT2D eigenvalue weighted by atomic mass is 9.72. The van der Waals surface area contributed by atoms with E-state index in [0.717, 1.165) is 6.07 Å². The van der Waals surface area contributed by atoms with Crippen LogP contribution in [0.5, 0.6) is 11.5 Å². The number of aromatic hydroxyl groups is 2. The number of hydrogen-bond donors (Lipinski definition) is 4. The van der Waals surface area contributed by atoms with Crippen molar-refractivity contribution in [3.05, 3.63) is 57.2 Å². The summed E-state index contributed by atoms with van der Waals surface area (Å²) in [6, 6.07) is 9.33. The summed E-state index contributed by atoms with van der Waals surface area (Å²) in [6.45, 7) is 2.78. The van der Waals surface area contributed by atoms with Gasteiger partial charge in [0.1, 0.15) is 28.2 Å². The van der Waals surface area contributed by atoms with Crippen LogP contribution in [0.1, 0.15) is 18.9 Å². The van der Waals surface area contributed by atoms with Crippen LogP contribution in [0.25, 0.3) is 22.3 Å². The van der Waals surface area contributed by atoms with Crippen LogP contribution in [0, 0.1) is 0 Å². The summed E-state index contributed by atoms with van der Waals surface area (Å²) >= 11 is 6.25. The minimum atomic E-state index is -0.865. The normalized spacial score (nSPS) is 22.5. The van der Waals surface area contributed by atoms with Gasteiger partial charge in [-0.3, -0.25) is 4.79 Å². The van der Waals surface area contributed by atoms with E-state index in [-0.39, 0.29) is 28.2 Å². The van der Waals surface area contributed by atoms with Crippen LogP contribution in [-0.2, 0) is 5.41 Å². The zero-order valence-electron chi connectivity index (χ0n) is 15.2. The topological polar surface area (TPSA) is 103 Å². The lowest BCUT2D eigenvalue weighted by molar-refractivity contribution is 0.0627. The third kappa shape index (κ3) is 2.85. The maximum atomic E-state index is 12.8. The molecular formula is C21H20ClNO5. The number of phenols is 2. The number of hydrogen-bond acceptors (Lipinski definition) is 6. The van der Waals surface area contributed by atoms with E-state index in [1.165, 1.54) is 6.07 Å². The summed E-state index contributed by atoms with van der Waals surface area (Å²) in [5.41, 5.74) is -0.436. The molecule has 1 saturated heterocycles. The van der Waals surface area contributed by atoms with E-state index in [4.69, 9.17) is 16.0 Å². The molecule has 0 aliphatic carbocycles. The summed E-state index contributed by atoms with van der Waals surface area (Å²) in [5.74, 6) is -0.378. The highest BCUT2D eigenvalue weighted by Gasteiger charge is 2.41. The first-order chi connectivity index (χ1) is 13.3. The van der Waals surface area contributed by atoms with E-state index < -0.39 is 16.9 Å². The summed E-state index contributed by atoms with van der Waals surface area (Å²) in [4.78, 5) is 12.8. The number of aliphatic hydroxyl groups is 1. The van der Waals surface area contributed by atoms with Gasteiger partial charge in [-0.15, -0.1) is 0 Å². The van der Waals surface area contributed by atoms with Crippen LogP contribution in [0.4, 0.5) is 0 Å². The fourth-order valence-corrected chi connectivity index (χ4v) is 4.15. The molecule has 2 atom stereocenters. The van der Waals surface area contributed by atoms with E-state index in [0.29, 0.717) is 35.7 Å². The molecule has 1 fully saturated rings. The molecule has 1 aliphatic rings. The van der Waals surface area contributed by atoms with Crippen LogP contribution >= 0.6 is 11.6 Å². The maximum absolute atomic E-state index is 12.8. The quantitative estimate of drug-likeness (QED) is 0.526. The van der Waals surface area contributed by atoms with Gasteiger partial charge in [0.2, 0.25) is 0 Å². The molecule has 1 aromatic heterocycles. The van der Waals surface area contributed by atoms with Crippen molar-refractivity contribution in [3.63, 3.8) is 0 Å². The first-order valence-corrected chi connectivity index (χ1v) is 9.37. The highest BCUT2D eigenvalue weighted by molar-refractivity contribution is 6.33. The number of fused-ring (bicyclic) bond motifs is 1. The van der Waals surface area contributed by atoms with Gasteiger partial charge in [-0.05, 0) is 25.1 Å². The van der Waals surface area contributed by atoms with Gasteiger partial charge in [-0.25, -0.2) is 0 Å². The van der Waals surface area contributed by atoms with Crippen molar-refractivity contribution < 1.29 is 19.7 Å². The molecule has 6 nitrogen and oxygen atoms in total. The zero-order valence-corrected chi connectivity index (χ0v) is 16.0. The molecule has 0 saturated carbocycles. The van der Waals surface area contributed by atoms with Crippen LogP contribution in [0.3, 0.4) is 0 Å². The van der Waals surface area contributed by atoms with Crippen molar-refractivity contribution in [1.29, 1.82) is 0 Å². The largest absolute Gasteiger partial charge is 0.507 e. The SMILES string of the molecule is C[C@]1(c2c(O)cc(O)c3c(=O)cc(-c4ccccc4Cl)oc23)CCNC[C@H]1O. The molecule has 0 bridgehead atoms. The Morgan fingerprint density at radius 2 is 1.96 bits per heavy atom. The minimum absolute atomic E-state index is 0.0319. The Bertz CT molecular complexity index is 1130. The number of aliphatic hydroxyl groups excluding tert-OH is 1. The smallest absolute Gasteiger partial charge is 0.197 e. The molecule has 0 radical (unpaired) electrons. The van der Waals surface area contributed by atoms with Gasteiger partial charge in [-0.2, -0.15) is 0 Å².